The zero-order chi connectivity index (χ0) is 13.8. The van der Waals surface area contributed by atoms with Gasteiger partial charge in [0.15, 0.2) is 0 Å². The van der Waals surface area contributed by atoms with Crippen LogP contribution in [-0.4, -0.2) is 21.3 Å². The molecule has 0 aliphatic rings. The Kier molecular flexibility index (Phi) is 4.44. The molecule has 1 N–H and O–H groups in total. The second-order valence-electron chi connectivity index (χ2n) is 4.33. The lowest BCUT2D eigenvalue weighted by Gasteiger charge is -2.10. The standard InChI is InChI=1S/C13H18N4OS/c1-4-10(14-5-2)13-16-15-12(19-13)9-6-7-17(3)11(18)8-9/h6-8,10,14H,4-5H2,1-3H3. The Morgan fingerprint density at radius 3 is 2.84 bits per heavy atom. The Morgan fingerprint density at radius 2 is 2.21 bits per heavy atom. The van der Waals surface area contributed by atoms with Crippen LogP contribution < -0.4 is 10.9 Å². The Labute approximate surface area is 116 Å². The van der Waals surface area contributed by atoms with Crippen molar-refractivity contribution >= 4 is 11.3 Å². The molecule has 0 saturated carbocycles. The number of hydrogen-bond acceptors (Lipinski definition) is 5. The summed E-state index contributed by atoms with van der Waals surface area (Å²) in [4.78, 5) is 11.6. The van der Waals surface area contributed by atoms with Crippen LogP contribution in [0.1, 0.15) is 31.3 Å². The molecule has 0 radical (unpaired) electrons. The van der Waals surface area contributed by atoms with Crippen molar-refractivity contribution in [1.82, 2.24) is 20.1 Å². The minimum atomic E-state index is -0.0343. The van der Waals surface area contributed by atoms with Crippen LogP contribution in [0, 0.1) is 0 Å². The zero-order valence-electron chi connectivity index (χ0n) is 11.4. The third-order valence-electron chi connectivity index (χ3n) is 2.95. The van der Waals surface area contributed by atoms with Gasteiger partial charge < -0.3 is 9.88 Å². The predicted octanol–water partition coefficient (Wildman–Crippen LogP) is 1.96. The minimum absolute atomic E-state index is 0.0343. The van der Waals surface area contributed by atoms with Crippen molar-refractivity contribution in [2.75, 3.05) is 6.54 Å². The number of rotatable bonds is 5. The molecule has 6 heteroatoms. The van der Waals surface area contributed by atoms with Crippen molar-refractivity contribution in [2.45, 2.75) is 26.3 Å². The molecule has 0 amide bonds. The SMILES string of the molecule is CCNC(CC)c1nnc(-c2ccn(C)c(=O)c2)s1. The summed E-state index contributed by atoms with van der Waals surface area (Å²) in [6, 6.07) is 3.72. The predicted molar refractivity (Wildman–Crippen MR) is 77.3 cm³/mol. The van der Waals surface area contributed by atoms with Gasteiger partial charge in [-0.05, 0) is 19.0 Å². The molecule has 0 aromatic carbocycles. The average molecular weight is 278 g/mol. The van der Waals surface area contributed by atoms with E-state index < -0.39 is 0 Å². The molecule has 102 valence electrons. The molecule has 1 unspecified atom stereocenters. The van der Waals surface area contributed by atoms with Gasteiger partial charge in [-0.2, -0.15) is 0 Å². The molecule has 1 atom stereocenters. The molecule has 0 aliphatic heterocycles. The van der Waals surface area contributed by atoms with Crippen LogP contribution in [0.3, 0.4) is 0 Å². The van der Waals surface area contributed by atoms with Crippen LogP contribution in [0.5, 0.6) is 0 Å². The number of nitrogens with one attached hydrogen (secondary N) is 1. The van der Waals surface area contributed by atoms with Gasteiger partial charge in [0.05, 0.1) is 6.04 Å². The van der Waals surface area contributed by atoms with Gasteiger partial charge in [0.1, 0.15) is 10.0 Å². The molecule has 0 aliphatic carbocycles. The molecular weight excluding hydrogens is 260 g/mol. The molecule has 0 fully saturated rings. The highest BCUT2D eigenvalue weighted by molar-refractivity contribution is 7.14. The van der Waals surface area contributed by atoms with E-state index >= 15 is 0 Å². The molecule has 0 bridgehead atoms. The van der Waals surface area contributed by atoms with Gasteiger partial charge in [0, 0.05) is 24.9 Å². The quantitative estimate of drug-likeness (QED) is 0.908. The maximum Gasteiger partial charge on any atom is 0.250 e. The van der Waals surface area contributed by atoms with Crippen LogP contribution in [-0.2, 0) is 7.05 Å². The summed E-state index contributed by atoms with van der Waals surface area (Å²) in [6.07, 6.45) is 2.72. The summed E-state index contributed by atoms with van der Waals surface area (Å²) >= 11 is 1.54. The van der Waals surface area contributed by atoms with E-state index in [9.17, 15) is 4.79 Å². The average Bonchev–Trinajstić information content (AvgIpc) is 2.88. The largest absolute Gasteiger partial charge is 0.319 e. The monoisotopic (exact) mass is 278 g/mol. The van der Waals surface area contributed by atoms with E-state index in [1.165, 1.54) is 0 Å². The zero-order valence-corrected chi connectivity index (χ0v) is 12.2. The fraction of sp³-hybridized carbons (Fsp3) is 0.462. The lowest BCUT2D eigenvalue weighted by atomic mass is 10.2. The third kappa shape index (κ3) is 3.08. The smallest absolute Gasteiger partial charge is 0.250 e. The van der Waals surface area contributed by atoms with Gasteiger partial charge in [-0.3, -0.25) is 4.79 Å². The fourth-order valence-corrected chi connectivity index (χ4v) is 2.82. The Hall–Kier alpha value is -1.53. The lowest BCUT2D eigenvalue weighted by Crippen LogP contribution is -2.19. The highest BCUT2D eigenvalue weighted by Crippen LogP contribution is 2.27. The summed E-state index contributed by atoms with van der Waals surface area (Å²) in [5, 5.41) is 13.6. The van der Waals surface area contributed by atoms with Gasteiger partial charge in [0.2, 0.25) is 0 Å². The van der Waals surface area contributed by atoms with Crippen LogP contribution in [0.25, 0.3) is 10.6 Å². The fourth-order valence-electron chi connectivity index (χ4n) is 1.83. The third-order valence-corrected chi connectivity index (χ3v) is 4.03. The molecular formula is C13H18N4OS. The highest BCUT2D eigenvalue weighted by Gasteiger charge is 2.14. The van der Waals surface area contributed by atoms with Crippen LogP contribution >= 0.6 is 11.3 Å². The van der Waals surface area contributed by atoms with Gasteiger partial charge in [0.25, 0.3) is 5.56 Å². The van der Waals surface area contributed by atoms with Crippen LogP contribution in [0.4, 0.5) is 0 Å². The van der Waals surface area contributed by atoms with Crippen molar-refractivity contribution in [3.05, 3.63) is 33.7 Å². The van der Waals surface area contributed by atoms with Gasteiger partial charge in [-0.1, -0.05) is 25.2 Å². The number of nitrogens with zero attached hydrogens (tertiary/aromatic N) is 3. The maximum absolute atomic E-state index is 11.6. The second kappa shape index (κ2) is 6.08. The minimum Gasteiger partial charge on any atom is -0.319 e. The number of pyridine rings is 1. The summed E-state index contributed by atoms with van der Waals surface area (Å²) < 4.78 is 1.54. The van der Waals surface area contributed by atoms with Crippen LogP contribution in [0.2, 0.25) is 0 Å². The molecule has 2 heterocycles. The summed E-state index contributed by atoms with van der Waals surface area (Å²) in [5.41, 5.74) is 0.797. The normalized spacial score (nSPS) is 12.6. The first-order valence-corrected chi connectivity index (χ1v) is 7.21. The molecule has 0 saturated heterocycles. The van der Waals surface area contributed by atoms with E-state index in [4.69, 9.17) is 0 Å². The van der Waals surface area contributed by atoms with Crippen molar-refractivity contribution in [2.24, 2.45) is 7.05 Å². The van der Waals surface area contributed by atoms with Gasteiger partial charge in [-0.25, -0.2) is 0 Å². The first-order valence-electron chi connectivity index (χ1n) is 6.39. The molecule has 5 nitrogen and oxygen atoms in total. The first kappa shape index (κ1) is 13.9. The topological polar surface area (TPSA) is 59.8 Å². The maximum atomic E-state index is 11.6. The summed E-state index contributed by atoms with van der Waals surface area (Å²) in [7, 11) is 1.73. The van der Waals surface area contributed by atoms with Crippen molar-refractivity contribution in [3.8, 4) is 10.6 Å². The Morgan fingerprint density at radius 1 is 1.42 bits per heavy atom. The molecule has 2 aromatic rings. The second-order valence-corrected chi connectivity index (χ2v) is 5.34. The number of hydrogen-bond donors (Lipinski definition) is 1. The van der Waals surface area contributed by atoms with E-state index in [0.29, 0.717) is 0 Å². The van der Waals surface area contributed by atoms with Gasteiger partial charge >= 0.3 is 0 Å². The Bertz CT molecular complexity index is 605. The lowest BCUT2D eigenvalue weighted by molar-refractivity contribution is 0.531. The molecule has 19 heavy (non-hydrogen) atoms. The molecule has 0 spiro atoms. The number of aromatic nitrogens is 3. The molecule has 2 rings (SSSR count). The highest BCUT2D eigenvalue weighted by atomic mass is 32.1. The summed E-state index contributed by atoms with van der Waals surface area (Å²) in [5.74, 6) is 0. The van der Waals surface area contributed by atoms with Crippen molar-refractivity contribution < 1.29 is 0 Å². The van der Waals surface area contributed by atoms with E-state index in [1.807, 2.05) is 6.07 Å². The van der Waals surface area contributed by atoms with E-state index in [-0.39, 0.29) is 11.6 Å². The van der Waals surface area contributed by atoms with Crippen molar-refractivity contribution in [3.63, 3.8) is 0 Å². The van der Waals surface area contributed by atoms with E-state index in [2.05, 4.69) is 29.4 Å². The van der Waals surface area contributed by atoms with Crippen LogP contribution in [0.15, 0.2) is 23.1 Å². The summed E-state index contributed by atoms with van der Waals surface area (Å²) in [6.45, 7) is 5.09. The van der Waals surface area contributed by atoms with E-state index in [0.717, 1.165) is 28.5 Å². The molecule has 2 aromatic heterocycles. The first-order chi connectivity index (χ1) is 9.15. The van der Waals surface area contributed by atoms with Gasteiger partial charge in [-0.15, -0.1) is 10.2 Å². The van der Waals surface area contributed by atoms with Crippen molar-refractivity contribution in [1.29, 1.82) is 0 Å². The Balaban J connectivity index is 2.29. The van der Waals surface area contributed by atoms with E-state index in [1.54, 1.807) is 35.2 Å². The number of aryl methyl sites for hydroxylation is 1.